The molecule has 0 atom stereocenters. The van der Waals surface area contributed by atoms with E-state index in [2.05, 4.69) is 0 Å². The lowest BCUT2D eigenvalue weighted by atomic mass is 9.89. The molecule has 0 N–H and O–H groups in total. The van der Waals surface area contributed by atoms with Crippen LogP contribution in [-0.2, 0) is 19.1 Å². The van der Waals surface area contributed by atoms with E-state index < -0.39 is 0 Å². The van der Waals surface area contributed by atoms with E-state index in [9.17, 15) is 14.4 Å². The number of hydrogen-bond acceptors (Lipinski definition) is 4. The Labute approximate surface area is 210 Å². The van der Waals surface area contributed by atoms with Crippen LogP contribution in [0.3, 0.4) is 0 Å². The fourth-order valence-electron chi connectivity index (χ4n) is 4.65. The molecule has 0 unspecified atom stereocenters. The summed E-state index contributed by atoms with van der Waals surface area (Å²) in [5.41, 5.74) is 6.60. The fraction of sp³-hybridized carbons (Fsp3) is 0.129. The van der Waals surface area contributed by atoms with Crippen molar-refractivity contribution in [2.45, 2.75) is 19.8 Å². The van der Waals surface area contributed by atoms with E-state index in [1.807, 2.05) is 72.9 Å². The second kappa shape index (κ2) is 10.0. The van der Waals surface area contributed by atoms with Crippen molar-refractivity contribution in [3.05, 3.63) is 131 Å². The van der Waals surface area contributed by atoms with E-state index in [4.69, 9.17) is 4.74 Å². The molecule has 2 aromatic rings. The summed E-state index contributed by atoms with van der Waals surface area (Å²) in [5, 5.41) is 0. The molecule has 0 saturated heterocycles. The Morgan fingerprint density at radius 2 is 1.44 bits per heavy atom. The molecule has 3 aliphatic rings. The van der Waals surface area contributed by atoms with Gasteiger partial charge in [0.1, 0.15) is 0 Å². The summed E-state index contributed by atoms with van der Waals surface area (Å²) in [6.45, 7) is 2.10. The van der Waals surface area contributed by atoms with Crippen molar-refractivity contribution in [2.75, 3.05) is 6.61 Å². The van der Waals surface area contributed by atoms with Gasteiger partial charge >= 0.3 is 5.97 Å². The van der Waals surface area contributed by atoms with Crippen LogP contribution in [0, 0.1) is 0 Å². The SMILES string of the molecule is CCOC(=O)CCC1=CN2C(=O)C(c3ccccc3)=C(c3ccccc3)C2=CC1=C1C=CC(=O)C=C1. The lowest BCUT2D eigenvalue weighted by Crippen LogP contribution is -2.23. The Bertz CT molecular complexity index is 1400. The predicted octanol–water partition coefficient (Wildman–Crippen LogP) is 5.56. The highest BCUT2D eigenvalue weighted by atomic mass is 16.5. The van der Waals surface area contributed by atoms with E-state index in [0.717, 1.165) is 39.1 Å². The third-order valence-corrected chi connectivity index (χ3v) is 6.30. The van der Waals surface area contributed by atoms with Crippen molar-refractivity contribution in [2.24, 2.45) is 0 Å². The first-order valence-electron chi connectivity index (χ1n) is 12.0. The molecule has 0 bridgehead atoms. The highest BCUT2D eigenvalue weighted by Gasteiger charge is 2.38. The van der Waals surface area contributed by atoms with Gasteiger partial charge in [0.15, 0.2) is 5.78 Å². The van der Waals surface area contributed by atoms with Crippen LogP contribution >= 0.6 is 0 Å². The highest BCUT2D eigenvalue weighted by Crippen LogP contribution is 2.46. The van der Waals surface area contributed by atoms with Crippen LogP contribution < -0.4 is 0 Å². The number of carbonyl (C=O) groups is 3. The quantitative estimate of drug-likeness (QED) is 0.514. The Morgan fingerprint density at radius 3 is 2.06 bits per heavy atom. The lowest BCUT2D eigenvalue weighted by Gasteiger charge is -2.25. The molecule has 0 saturated carbocycles. The van der Waals surface area contributed by atoms with Crippen LogP contribution in [0.4, 0.5) is 0 Å². The van der Waals surface area contributed by atoms with Gasteiger partial charge in [-0.1, -0.05) is 72.8 Å². The number of allylic oxidation sites excluding steroid dienone is 9. The van der Waals surface area contributed by atoms with Gasteiger partial charge in [0.2, 0.25) is 0 Å². The van der Waals surface area contributed by atoms with Gasteiger partial charge in [0, 0.05) is 18.2 Å². The molecule has 0 spiro atoms. The summed E-state index contributed by atoms with van der Waals surface area (Å²) in [7, 11) is 0. The number of rotatable bonds is 6. The summed E-state index contributed by atoms with van der Waals surface area (Å²) in [6.07, 6.45) is 11.0. The third-order valence-electron chi connectivity index (χ3n) is 6.30. The number of benzene rings is 2. The smallest absolute Gasteiger partial charge is 0.306 e. The molecule has 2 heterocycles. The first-order valence-corrected chi connectivity index (χ1v) is 12.0. The van der Waals surface area contributed by atoms with Crippen molar-refractivity contribution in [3.63, 3.8) is 0 Å². The fourth-order valence-corrected chi connectivity index (χ4v) is 4.65. The number of carbonyl (C=O) groups excluding carboxylic acids is 3. The Hall–Kier alpha value is -4.51. The number of fused-ring (bicyclic) bond motifs is 1. The zero-order valence-electron chi connectivity index (χ0n) is 19.9. The second-order valence-electron chi connectivity index (χ2n) is 8.58. The Morgan fingerprint density at radius 1 is 0.833 bits per heavy atom. The van der Waals surface area contributed by atoms with E-state index in [-0.39, 0.29) is 24.1 Å². The maximum Gasteiger partial charge on any atom is 0.306 e. The van der Waals surface area contributed by atoms with Gasteiger partial charge in [-0.2, -0.15) is 0 Å². The minimum Gasteiger partial charge on any atom is -0.466 e. The number of nitrogens with zero attached hydrogens (tertiary/aromatic N) is 1. The van der Waals surface area contributed by atoms with E-state index in [0.29, 0.717) is 18.6 Å². The van der Waals surface area contributed by atoms with Crippen molar-refractivity contribution >= 4 is 28.8 Å². The van der Waals surface area contributed by atoms with Gasteiger partial charge in [0.25, 0.3) is 5.91 Å². The monoisotopic (exact) mass is 475 g/mol. The van der Waals surface area contributed by atoms with Crippen molar-refractivity contribution in [1.82, 2.24) is 4.90 Å². The van der Waals surface area contributed by atoms with E-state index in [1.165, 1.54) is 12.2 Å². The molecule has 1 amide bonds. The zero-order valence-corrected chi connectivity index (χ0v) is 19.9. The summed E-state index contributed by atoms with van der Waals surface area (Å²) in [5.74, 6) is -0.481. The molecule has 2 aromatic carbocycles. The lowest BCUT2D eigenvalue weighted by molar-refractivity contribution is -0.143. The number of ketones is 1. The van der Waals surface area contributed by atoms with Gasteiger partial charge in [-0.15, -0.1) is 0 Å². The predicted molar refractivity (Wildman–Crippen MR) is 139 cm³/mol. The molecule has 5 rings (SSSR count). The largest absolute Gasteiger partial charge is 0.466 e. The van der Waals surface area contributed by atoms with E-state index >= 15 is 0 Å². The molecule has 0 radical (unpaired) electrons. The van der Waals surface area contributed by atoms with Crippen LogP contribution in [-0.4, -0.2) is 29.2 Å². The number of amides is 1. The first kappa shape index (κ1) is 23.2. The maximum absolute atomic E-state index is 13.8. The average Bonchev–Trinajstić information content (AvgIpc) is 3.20. The average molecular weight is 476 g/mol. The summed E-state index contributed by atoms with van der Waals surface area (Å²) in [4.78, 5) is 39.4. The summed E-state index contributed by atoms with van der Waals surface area (Å²) >= 11 is 0. The molecule has 0 fully saturated rings. The van der Waals surface area contributed by atoms with Crippen LogP contribution in [0.2, 0.25) is 0 Å². The molecule has 0 aromatic heterocycles. The van der Waals surface area contributed by atoms with Crippen molar-refractivity contribution in [3.8, 4) is 0 Å². The second-order valence-corrected chi connectivity index (χ2v) is 8.58. The minimum absolute atomic E-state index is 0.0752. The molecule has 5 heteroatoms. The number of ether oxygens (including phenoxy) is 1. The van der Waals surface area contributed by atoms with Crippen LogP contribution in [0.5, 0.6) is 0 Å². The Balaban J connectivity index is 1.67. The van der Waals surface area contributed by atoms with Crippen LogP contribution in [0.25, 0.3) is 11.1 Å². The van der Waals surface area contributed by atoms with Crippen LogP contribution in [0.1, 0.15) is 30.9 Å². The van der Waals surface area contributed by atoms with Gasteiger partial charge in [-0.25, -0.2) is 0 Å². The first-order chi connectivity index (χ1) is 17.6. The van der Waals surface area contributed by atoms with Gasteiger partial charge < -0.3 is 4.74 Å². The van der Waals surface area contributed by atoms with E-state index in [1.54, 1.807) is 24.0 Å². The Kier molecular flexibility index (Phi) is 6.46. The molecule has 36 heavy (non-hydrogen) atoms. The molecule has 2 aliphatic heterocycles. The van der Waals surface area contributed by atoms with Gasteiger partial charge in [0.05, 0.1) is 17.9 Å². The zero-order chi connectivity index (χ0) is 25.1. The van der Waals surface area contributed by atoms with Crippen molar-refractivity contribution in [1.29, 1.82) is 0 Å². The number of hydrogen-bond donors (Lipinski definition) is 0. The minimum atomic E-state index is -0.289. The summed E-state index contributed by atoms with van der Waals surface area (Å²) in [6, 6.07) is 19.5. The third kappa shape index (κ3) is 4.43. The normalized spacial score (nSPS) is 16.9. The topological polar surface area (TPSA) is 63.7 Å². The molecule has 5 nitrogen and oxygen atoms in total. The maximum atomic E-state index is 13.8. The number of esters is 1. The molecular formula is C31H25NO4. The summed E-state index contributed by atoms with van der Waals surface area (Å²) < 4.78 is 5.13. The van der Waals surface area contributed by atoms with Crippen molar-refractivity contribution < 1.29 is 19.1 Å². The van der Waals surface area contributed by atoms with Gasteiger partial charge in [-0.3, -0.25) is 19.3 Å². The molecular weight excluding hydrogens is 450 g/mol. The van der Waals surface area contributed by atoms with Crippen LogP contribution in [0.15, 0.2) is 120 Å². The molecule has 178 valence electrons. The standard InChI is InChI=1S/C31H25NO4/c1-2-36-28(34)18-15-24-20-32-27(19-26(24)21-13-16-25(33)17-14-21)29(22-9-5-3-6-10-22)30(31(32)35)23-11-7-4-8-12-23/h3-14,16-17,19-20H,2,15,18H2,1H3. The molecule has 1 aliphatic carbocycles. The van der Waals surface area contributed by atoms with Gasteiger partial charge in [-0.05, 0) is 59.4 Å². The highest BCUT2D eigenvalue weighted by molar-refractivity contribution is 6.34.